The van der Waals surface area contributed by atoms with Crippen molar-refractivity contribution in [3.05, 3.63) is 30.0 Å². The summed E-state index contributed by atoms with van der Waals surface area (Å²) in [5, 5.41) is 3.15. The van der Waals surface area contributed by atoms with Crippen LogP contribution in [-0.2, 0) is 6.54 Å². The third kappa shape index (κ3) is 1.79. The zero-order chi connectivity index (χ0) is 12.5. The van der Waals surface area contributed by atoms with E-state index >= 15 is 0 Å². The summed E-state index contributed by atoms with van der Waals surface area (Å²) in [4.78, 5) is 19.6. The number of nitrogens with one attached hydrogen (secondary N) is 2. The fourth-order valence-corrected chi connectivity index (χ4v) is 1.67. The van der Waals surface area contributed by atoms with E-state index in [1.54, 1.807) is 6.33 Å². The summed E-state index contributed by atoms with van der Waals surface area (Å²) in [6, 6.07) is 0. The fourth-order valence-electron chi connectivity index (χ4n) is 1.67. The lowest BCUT2D eigenvalue weighted by atomic mass is 10.4. The molecule has 0 aromatic carbocycles. The van der Waals surface area contributed by atoms with Crippen molar-refractivity contribution in [3.8, 4) is 0 Å². The van der Waals surface area contributed by atoms with Gasteiger partial charge in [-0.1, -0.05) is 0 Å². The maximum Gasteiger partial charge on any atom is 0.213 e. The van der Waals surface area contributed by atoms with E-state index in [0.29, 0.717) is 23.9 Å². The van der Waals surface area contributed by atoms with Crippen molar-refractivity contribution in [2.75, 3.05) is 5.32 Å². The first-order valence-corrected chi connectivity index (χ1v) is 5.55. The fraction of sp³-hybridized carbons (Fsp3) is 0.273. The molecule has 0 saturated carbocycles. The Morgan fingerprint density at radius 2 is 2.17 bits per heavy atom. The molecule has 0 radical (unpaired) electrons. The molecule has 0 aliphatic heterocycles. The summed E-state index contributed by atoms with van der Waals surface area (Å²) in [6.45, 7) is 4.28. The van der Waals surface area contributed by atoms with Gasteiger partial charge in [-0.2, -0.15) is 0 Å². The second-order valence-electron chi connectivity index (χ2n) is 3.93. The van der Waals surface area contributed by atoms with Crippen LogP contribution in [-0.4, -0.2) is 24.9 Å². The van der Waals surface area contributed by atoms with Crippen molar-refractivity contribution < 1.29 is 4.42 Å². The number of aromatic nitrogens is 5. The van der Waals surface area contributed by atoms with Crippen molar-refractivity contribution in [2.45, 2.75) is 20.4 Å². The summed E-state index contributed by atoms with van der Waals surface area (Å²) in [6.07, 6.45) is 3.06. The number of nitrogens with zero attached hydrogens (tertiary/aromatic N) is 4. The molecular formula is C11H12N6O. The van der Waals surface area contributed by atoms with Gasteiger partial charge in [-0.3, -0.25) is 0 Å². The maximum atomic E-state index is 5.49. The number of H-pyrrole nitrogens is 1. The summed E-state index contributed by atoms with van der Waals surface area (Å²) in [7, 11) is 0. The Morgan fingerprint density at radius 3 is 2.94 bits per heavy atom. The minimum absolute atomic E-state index is 0.472. The van der Waals surface area contributed by atoms with E-state index in [-0.39, 0.29) is 0 Å². The number of hydrogen-bond donors (Lipinski definition) is 2. The normalized spacial score (nSPS) is 11.0. The molecular weight excluding hydrogens is 232 g/mol. The van der Waals surface area contributed by atoms with E-state index in [0.717, 1.165) is 17.0 Å². The molecule has 3 rings (SSSR count). The number of hydrogen-bond acceptors (Lipinski definition) is 6. The molecule has 0 amide bonds. The molecule has 0 fully saturated rings. The van der Waals surface area contributed by atoms with Gasteiger partial charge >= 0.3 is 0 Å². The SMILES string of the molecule is Cc1nc(CNc2ncnc3nc[nH]c23)oc1C. The Kier molecular flexibility index (Phi) is 2.44. The van der Waals surface area contributed by atoms with Crippen molar-refractivity contribution in [1.82, 2.24) is 24.9 Å². The maximum absolute atomic E-state index is 5.49. The minimum Gasteiger partial charge on any atom is -0.444 e. The molecule has 3 aromatic rings. The molecule has 0 spiro atoms. The quantitative estimate of drug-likeness (QED) is 0.726. The highest BCUT2D eigenvalue weighted by atomic mass is 16.4. The molecule has 92 valence electrons. The van der Waals surface area contributed by atoms with Gasteiger partial charge in [0, 0.05) is 0 Å². The van der Waals surface area contributed by atoms with Crippen molar-refractivity contribution in [3.63, 3.8) is 0 Å². The van der Waals surface area contributed by atoms with Crippen LogP contribution in [0.2, 0.25) is 0 Å². The molecule has 0 saturated heterocycles. The van der Waals surface area contributed by atoms with Gasteiger partial charge in [0.15, 0.2) is 11.5 Å². The predicted molar refractivity (Wildman–Crippen MR) is 65.0 cm³/mol. The van der Waals surface area contributed by atoms with Crippen molar-refractivity contribution in [1.29, 1.82) is 0 Å². The van der Waals surface area contributed by atoms with E-state index in [1.807, 2.05) is 13.8 Å². The molecule has 0 aliphatic carbocycles. The van der Waals surface area contributed by atoms with Crippen LogP contribution in [0, 0.1) is 13.8 Å². The van der Waals surface area contributed by atoms with Gasteiger partial charge in [0.05, 0.1) is 18.6 Å². The number of oxazole rings is 1. The molecule has 3 heterocycles. The van der Waals surface area contributed by atoms with Crippen LogP contribution < -0.4 is 5.32 Å². The first kappa shape index (κ1) is 10.7. The predicted octanol–water partition coefficient (Wildman–Crippen LogP) is 1.57. The molecule has 7 heteroatoms. The third-order valence-electron chi connectivity index (χ3n) is 2.70. The van der Waals surface area contributed by atoms with E-state index in [2.05, 4.69) is 30.2 Å². The molecule has 2 N–H and O–H groups in total. The molecule has 7 nitrogen and oxygen atoms in total. The highest BCUT2D eigenvalue weighted by molar-refractivity contribution is 5.81. The highest BCUT2D eigenvalue weighted by Crippen LogP contribution is 2.16. The monoisotopic (exact) mass is 244 g/mol. The number of imidazole rings is 1. The Bertz CT molecular complexity index is 666. The van der Waals surface area contributed by atoms with E-state index < -0.39 is 0 Å². The van der Waals surface area contributed by atoms with Crippen LogP contribution in [0.4, 0.5) is 5.82 Å². The van der Waals surface area contributed by atoms with Crippen LogP contribution >= 0.6 is 0 Å². The number of rotatable bonds is 3. The average Bonchev–Trinajstić information content (AvgIpc) is 2.94. The highest BCUT2D eigenvalue weighted by Gasteiger charge is 2.08. The smallest absolute Gasteiger partial charge is 0.213 e. The molecule has 0 bridgehead atoms. The molecule has 0 aliphatic rings. The number of aromatic amines is 1. The van der Waals surface area contributed by atoms with Gasteiger partial charge in [-0.25, -0.2) is 19.9 Å². The molecule has 18 heavy (non-hydrogen) atoms. The van der Waals surface area contributed by atoms with Gasteiger partial charge in [0.2, 0.25) is 5.89 Å². The van der Waals surface area contributed by atoms with Crippen molar-refractivity contribution in [2.24, 2.45) is 0 Å². The van der Waals surface area contributed by atoms with Crippen molar-refractivity contribution >= 4 is 17.0 Å². The van der Waals surface area contributed by atoms with Gasteiger partial charge in [-0.05, 0) is 13.8 Å². The third-order valence-corrected chi connectivity index (χ3v) is 2.70. The zero-order valence-electron chi connectivity index (χ0n) is 10.1. The zero-order valence-corrected chi connectivity index (χ0v) is 10.1. The summed E-state index contributed by atoms with van der Waals surface area (Å²) >= 11 is 0. The first-order valence-electron chi connectivity index (χ1n) is 5.55. The number of anilines is 1. The van der Waals surface area contributed by atoms with Crippen LogP contribution in [0.25, 0.3) is 11.2 Å². The molecule has 3 aromatic heterocycles. The Morgan fingerprint density at radius 1 is 1.28 bits per heavy atom. The van der Waals surface area contributed by atoms with E-state index in [4.69, 9.17) is 4.42 Å². The Labute approximate surface area is 103 Å². The van der Waals surface area contributed by atoms with Crippen LogP contribution in [0.3, 0.4) is 0 Å². The Balaban J connectivity index is 1.82. The number of aryl methyl sites for hydroxylation is 2. The van der Waals surface area contributed by atoms with E-state index in [9.17, 15) is 0 Å². The molecule has 0 unspecified atom stereocenters. The summed E-state index contributed by atoms with van der Waals surface area (Å²) in [5.41, 5.74) is 2.31. The van der Waals surface area contributed by atoms with E-state index in [1.165, 1.54) is 6.33 Å². The molecule has 0 atom stereocenters. The summed E-state index contributed by atoms with van der Waals surface area (Å²) in [5.74, 6) is 2.16. The van der Waals surface area contributed by atoms with Gasteiger partial charge in [0.25, 0.3) is 0 Å². The average molecular weight is 244 g/mol. The lowest BCUT2D eigenvalue weighted by molar-refractivity contribution is 0.478. The second-order valence-corrected chi connectivity index (χ2v) is 3.93. The standard InChI is InChI=1S/C11H12N6O/c1-6-7(2)18-8(17-6)3-12-10-9-11(14-4-13-9)16-5-15-10/h4-5H,3H2,1-2H3,(H2,12,13,14,15,16). The lowest BCUT2D eigenvalue weighted by Crippen LogP contribution is -2.02. The first-order chi connectivity index (χ1) is 8.74. The van der Waals surface area contributed by atoms with Gasteiger partial charge in [-0.15, -0.1) is 0 Å². The van der Waals surface area contributed by atoms with Crippen LogP contribution in [0.15, 0.2) is 17.1 Å². The second kappa shape index (κ2) is 4.10. The topological polar surface area (TPSA) is 92.5 Å². The lowest BCUT2D eigenvalue weighted by Gasteiger charge is -2.02. The Hall–Kier alpha value is -2.44. The minimum atomic E-state index is 0.472. The largest absolute Gasteiger partial charge is 0.444 e. The van der Waals surface area contributed by atoms with Crippen LogP contribution in [0.5, 0.6) is 0 Å². The van der Waals surface area contributed by atoms with Gasteiger partial charge in [0.1, 0.15) is 17.6 Å². The van der Waals surface area contributed by atoms with Gasteiger partial charge < -0.3 is 14.7 Å². The summed E-state index contributed by atoms with van der Waals surface area (Å²) < 4.78 is 5.49. The number of fused-ring (bicyclic) bond motifs is 1. The van der Waals surface area contributed by atoms with Crippen LogP contribution in [0.1, 0.15) is 17.3 Å².